The van der Waals surface area contributed by atoms with Crippen LogP contribution in [0.3, 0.4) is 0 Å². The van der Waals surface area contributed by atoms with Crippen LogP contribution in [-0.4, -0.2) is 49.1 Å². The van der Waals surface area contributed by atoms with Crippen LogP contribution in [0.25, 0.3) is 0 Å². The van der Waals surface area contributed by atoms with Gasteiger partial charge in [0.05, 0.1) is 17.1 Å². The van der Waals surface area contributed by atoms with Crippen molar-refractivity contribution in [2.45, 2.75) is 12.8 Å². The van der Waals surface area contributed by atoms with E-state index in [1.807, 2.05) is 31.3 Å². The Balaban J connectivity index is 1.45. The highest BCUT2D eigenvalue weighted by Crippen LogP contribution is 2.24. The molecule has 146 valence electrons. The predicted molar refractivity (Wildman–Crippen MR) is 108 cm³/mol. The molecule has 0 saturated carbocycles. The summed E-state index contributed by atoms with van der Waals surface area (Å²) in [5, 5.41) is 9.43. The van der Waals surface area contributed by atoms with Crippen molar-refractivity contribution in [3.8, 4) is 11.8 Å². The molecule has 3 rings (SSSR count). The number of likely N-dealkylation sites (N-methyl/N-ethyl adjacent to an activating group) is 1. The maximum absolute atomic E-state index is 12.7. The van der Waals surface area contributed by atoms with E-state index in [1.165, 1.54) is 0 Å². The number of piperidine rings is 1. The fraction of sp³-hybridized carbons (Fsp3) is 0.381. The Labute approximate surface area is 170 Å². The number of halogens is 1. The largest absolute Gasteiger partial charge is 0.490 e. The molecule has 0 spiro atoms. The molecule has 1 fully saturated rings. The van der Waals surface area contributed by atoms with Crippen LogP contribution in [0.4, 0.5) is 5.82 Å². The van der Waals surface area contributed by atoms with Crippen LogP contribution in [0.15, 0.2) is 42.6 Å². The molecular weight excluding hydrogens is 376 g/mol. The number of benzene rings is 1. The van der Waals surface area contributed by atoms with Gasteiger partial charge < -0.3 is 14.5 Å². The third-order valence-corrected chi connectivity index (χ3v) is 5.25. The van der Waals surface area contributed by atoms with Crippen molar-refractivity contribution >= 4 is 23.3 Å². The fourth-order valence-electron chi connectivity index (χ4n) is 3.27. The average molecular weight is 399 g/mol. The summed E-state index contributed by atoms with van der Waals surface area (Å²) >= 11 is 6.07. The van der Waals surface area contributed by atoms with Gasteiger partial charge in [0.15, 0.2) is 0 Å². The van der Waals surface area contributed by atoms with Crippen LogP contribution >= 0.6 is 11.6 Å². The Morgan fingerprint density at radius 1 is 1.32 bits per heavy atom. The molecular formula is C21H23ClN4O2. The normalized spacial score (nSPS) is 14.4. The topological polar surface area (TPSA) is 69.5 Å². The molecule has 6 nitrogen and oxygen atoms in total. The molecule has 7 heteroatoms. The third-order valence-electron chi connectivity index (χ3n) is 4.94. The lowest BCUT2D eigenvalue weighted by Crippen LogP contribution is -2.42. The maximum Gasteiger partial charge on any atom is 0.225 e. The number of nitrogens with zero attached hydrogens (tertiary/aromatic N) is 4. The Morgan fingerprint density at radius 2 is 2.07 bits per heavy atom. The van der Waals surface area contributed by atoms with Gasteiger partial charge in [0.1, 0.15) is 24.2 Å². The second-order valence-electron chi connectivity index (χ2n) is 6.82. The number of hydrogen-bond acceptors (Lipinski definition) is 5. The molecule has 0 bridgehead atoms. The lowest BCUT2D eigenvalue weighted by molar-refractivity contribution is -0.135. The van der Waals surface area contributed by atoms with Gasteiger partial charge in [-0.05, 0) is 37.1 Å². The Morgan fingerprint density at radius 3 is 2.71 bits per heavy atom. The molecule has 0 N–H and O–H groups in total. The van der Waals surface area contributed by atoms with Crippen LogP contribution in [0.2, 0.25) is 5.02 Å². The summed E-state index contributed by atoms with van der Waals surface area (Å²) in [7, 11) is 1.81. The van der Waals surface area contributed by atoms with E-state index in [1.54, 1.807) is 23.2 Å². The van der Waals surface area contributed by atoms with Gasteiger partial charge in [-0.25, -0.2) is 4.98 Å². The van der Waals surface area contributed by atoms with Gasteiger partial charge in [-0.2, -0.15) is 5.26 Å². The van der Waals surface area contributed by atoms with E-state index < -0.39 is 0 Å². The summed E-state index contributed by atoms with van der Waals surface area (Å²) in [6.45, 7) is 2.47. The first-order valence-corrected chi connectivity index (χ1v) is 9.69. The number of carbonyl (C=O) groups is 1. The Bertz CT molecular complexity index is 842. The summed E-state index contributed by atoms with van der Waals surface area (Å²) < 4.78 is 5.67. The van der Waals surface area contributed by atoms with Crippen LogP contribution < -0.4 is 9.64 Å². The molecule has 1 amide bonds. The second kappa shape index (κ2) is 9.43. The zero-order valence-corrected chi connectivity index (χ0v) is 16.6. The van der Waals surface area contributed by atoms with E-state index in [9.17, 15) is 4.79 Å². The summed E-state index contributed by atoms with van der Waals surface area (Å²) in [5.74, 6) is 1.65. The molecule has 2 aromatic rings. The van der Waals surface area contributed by atoms with Gasteiger partial charge in [0, 0.05) is 32.3 Å². The summed E-state index contributed by atoms with van der Waals surface area (Å²) in [4.78, 5) is 20.9. The van der Waals surface area contributed by atoms with Gasteiger partial charge in [-0.1, -0.05) is 23.7 Å². The zero-order chi connectivity index (χ0) is 19.9. The minimum Gasteiger partial charge on any atom is -0.490 e. The molecule has 0 aliphatic carbocycles. The monoisotopic (exact) mass is 398 g/mol. The SMILES string of the molecule is CN(CCOc1ccccc1Cl)C(=O)C1CCN(c2ccc(C#N)cn2)CC1. The van der Waals surface area contributed by atoms with E-state index in [-0.39, 0.29) is 11.8 Å². The van der Waals surface area contributed by atoms with E-state index in [0.717, 1.165) is 31.7 Å². The summed E-state index contributed by atoms with van der Waals surface area (Å²) in [6.07, 6.45) is 3.16. The minimum atomic E-state index is 0.0138. The lowest BCUT2D eigenvalue weighted by Gasteiger charge is -2.33. The fourth-order valence-corrected chi connectivity index (χ4v) is 3.46. The quantitative estimate of drug-likeness (QED) is 0.746. The van der Waals surface area contributed by atoms with Crippen molar-refractivity contribution in [3.05, 3.63) is 53.2 Å². The number of carbonyl (C=O) groups excluding carboxylic acids is 1. The molecule has 0 unspecified atom stereocenters. The van der Waals surface area contributed by atoms with Gasteiger partial charge in [-0.3, -0.25) is 4.79 Å². The van der Waals surface area contributed by atoms with E-state index >= 15 is 0 Å². The van der Waals surface area contributed by atoms with Crippen molar-refractivity contribution in [2.75, 3.05) is 38.2 Å². The molecule has 1 aromatic carbocycles. The highest BCUT2D eigenvalue weighted by molar-refractivity contribution is 6.32. The standard InChI is InChI=1S/C21H23ClN4O2/c1-25(12-13-28-19-5-3-2-4-18(19)22)21(27)17-8-10-26(11-9-17)20-7-6-16(14-23)15-24-20/h2-7,15,17H,8-13H2,1H3. The van der Waals surface area contributed by atoms with Gasteiger partial charge in [-0.15, -0.1) is 0 Å². The number of pyridine rings is 1. The first-order chi connectivity index (χ1) is 13.6. The highest BCUT2D eigenvalue weighted by atomic mass is 35.5. The van der Waals surface area contributed by atoms with Gasteiger partial charge in [0.2, 0.25) is 5.91 Å². The van der Waals surface area contributed by atoms with E-state index in [4.69, 9.17) is 21.6 Å². The Hall–Kier alpha value is -2.78. The molecule has 0 atom stereocenters. The molecule has 1 aliphatic rings. The van der Waals surface area contributed by atoms with Crippen LogP contribution in [0.5, 0.6) is 5.75 Å². The number of amides is 1. The number of hydrogen-bond donors (Lipinski definition) is 0. The van der Waals surface area contributed by atoms with Crippen LogP contribution in [0, 0.1) is 17.2 Å². The highest BCUT2D eigenvalue weighted by Gasteiger charge is 2.27. The minimum absolute atomic E-state index is 0.0138. The summed E-state index contributed by atoms with van der Waals surface area (Å²) in [5.41, 5.74) is 0.550. The molecule has 1 aromatic heterocycles. The maximum atomic E-state index is 12.7. The van der Waals surface area contributed by atoms with E-state index in [2.05, 4.69) is 16.0 Å². The second-order valence-corrected chi connectivity index (χ2v) is 7.22. The first-order valence-electron chi connectivity index (χ1n) is 9.32. The first kappa shape index (κ1) is 20.0. The predicted octanol–water partition coefficient (Wildman–Crippen LogP) is 3.36. The number of aromatic nitrogens is 1. The lowest BCUT2D eigenvalue weighted by atomic mass is 9.95. The Kier molecular flexibility index (Phi) is 6.72. The molecule has 0 radical (unpaired) electrons. The van der Waals surface area contributed by atoms with Crippen molar-refractivity contribution in [2.24, 2.45) is 5.92 Å². The van der Waals surface area contributed by atoms with Crippen LogP contribution in [-0.2, 0) is 4.79 Å². The zero-order valence-electron chi connectivity index (χ0n) is 15.8. The third kappa shape index (κ3) is 4.93. The number of ether oxygens (including phenoxy) is 1. The van der Waals surface area contributed by atoms with Gasteiger partial charge >= 0.3 is 0 Å². The van der Waals surface area contributed by atoms with Gasteiger partial charge in [0.25, 0.3) is 0 Å². The number of anilines is 1. The summed E-state index contributed by atoms with van der Waals surface area (Å²) in [6, 6.07) is 13.0. The molecule has 1 aliphatic heterocycles. The van der Waals surface area contributed by atoms with E-state index in [0.29, 0.717) is 29.5 Å². The van der Waals surface area contributed by atoms with Crippen LogP contribution in [0.1, 0.15) is 18.4 Å². The molecule has 28 heavy (non-hydrogen) atoms. The van der Waals surface area contributed by atoms with Crippen molar-refractivity contribution in [1.82, 2.24) is 9.88 Å². The molecule has 1 saturated heterocycles. The average Bonchev–Trinajstić information content (AvgIpc) is 2.74. The van der Waals surface area contributed by atoms with Crippen molar-refractivity contribution in [1.29, 1.82) is 5.26 Å². The number of nitriles is 1. The number of para-hydroxylation sites is 1. The van der Waals surface area contributed by atoms with Crippen molar-refractivity contribution in [3.63, 3.8) is 0 Å². The number of rotatable bonds is 6. The molecule has 2 heterocycles. The van der Waals surface area contributed by atoms with Crippen molar-refractivity contribution < 1.29 is 9.53 Å². The smallest absolute Gasteiger partial charge is 0.225 e.